The highest BCUT2D eigenvalue weighted by Gasteiger charge is 2.32. The van der Waals surface area contributed by atoms with Crippen LogP contribution in [0.1, 0.15) is 24.2 Å². The topological polar surface area (TPSA) is 46.5 Å². The Balaban J connectivity index is 2.30. The zero-order valence-corrected chi connectivity index (χ0v) is 7.93. The Bertz CT molecular complexity index is 359. The average molecular weight is 192 g/mol. The molecule has 2 rings (SSSR count). The van der Waals surface area contributed by atoms with E-state index in [9.17, 15) is 9.90 Å². The van der Waals surface area contributed by atoms with Crippen molar-refractivity contribution in [2.24, 2.45) is 0 Å². The molecule has 1 N–H and O–H groups in total. The summed E-state index contributed by atoms with van der Waals surface area (Å²) in [4.78, 5) is 10.8. The molecule has 0 amide bonds. The minimum Gasteiger partial charge on any atom is -0.455 e. The van der Waals surface area contributed by atoms with E-state index in [1.54, 1.807) is 0 Å². The largest absolute Gasteiger partial charge is 0.455 e. The standard InChI is InChI=1S/C11H12O3/c1-7(12)14-11-9-5-3-2-4-8(9)6-10(11)13/h2-5,10-11,13H,6H2,1H3/t10-,11-/m1/s1. The van der Waals surface area contributed by atoms with Crippen LogP contribution >= 0.6 is 0 Å². The second kappa shape index (κ2) is 3.42. The Morgan fingerprint density at radius 1 is 1.50 bits per heavy atom. The first-order valence-corrected chi connectivity index (χ1v) is 4.61. The number of benzene rings is 1. The van der Waals surface area contributed by atoms with Crippen molar-refractivity contribution in [2.45, 2.75) is 25.6 Å². The van der Waals surface area contributed by atoms with Gasteiger partial charge in [-0.25, -0.2) is 0 Å². The molecule has 1 aliphatic carbocycles. The molecule has 0 bridgehead atoms. The van der Waals surface area contributed by atoms with E-state index in [-0.39, 0.29) is 5.97 Å². The van der Waals surface area contributed by atoms with E-state index < -0.39 is 12.2 Å². The molecule has 14 heavy (non-hydrogen) atoms. The summed E-state index contributed by atoms with van der Waals surface area (Å²) in [5, 5.41) is 9.68. The quantitative estimate of drug-likeness (QED) is 0.680. The van der Waals surface area contributed by atoms with Crippen molar-refractivity contribution < 1.29 is 14.6 Å². The molecule has 0 fully saturated rings. The van der Waals surface area contributed by atoms with Gasteiger partial charge in [-0.05, 0) is 11.1 Å². The maximum atomic E-state index is 10.8. The third-order valence-corrected chi connectivity index (χ3v) is 2.43. The van der Waals surface area contributed by atoms with Gasteiger partial charge in [0.25, 0.3) is 0 Å². The Morgan fingerprint density at radius 2 is 2.21 bits per heavy atom. The van der Waals surface area contributed by atoms with Crippen LogP contribution in [0.15, 0.2) is 24.3 Å². The minimum atomic E-state index is -0.601. The molecule has 3 heteroatoms. The maximum Gasteiger partial charge on any atom is 0.303 e. The molecule has 0 aliphatic heterocycles. The number of hydrogen-bond donors (Lipinski definition) is 1. The van der Waals surface area contributed by atoms with Gasteiger partial charge in [0.1, 0.15) is 0 Å². The Labute approximate surface area is 82.3 Å². The summed E-state index contributed by atoms with van der Waals surface area (Å²) in [5.74, 6) is -0.356. The number of esters is 1. The molecule has 0 saturated carbocycles. The van der Waals surface area contributed by atoms with Crippen LogP contribution in [0, 0.1) is 0 Å². The van der Waals surface area contributed by atoms with Crippen LogP contribution in [0.3, 0.4) is 0 Å². The lowest BCUT2D eigenvalue weighted by molar-refractivity contribution is -0.151. The summed E-state index contributed by atoms with van der Waals surface area (Å²) in [7, 11) is 0. The van der Waals surface area contributed by atoms with Crippen LogP contribution in [0.4, 0.5) is 0 Å². The molecule has 2 atom stereocenters. The molecule has 0 radical (unpaired) electrons. The Hall–Kier alpha value is -1.35. The highest BCUT2D eigenvalue weighted by atomic mass is 16.6. The lowest BCUT2D eigenvalue weighted by Crippen LogP contribution is -2.18. The summed E-state index contributed by atoms with van der Waals surface area (Å²) < 4.78 is 5.06. The lowest BCUT2D eigenvalue weighted by atomic mass is 10.1. The smallest absolute Gasteiger partial charge is 0.303 e. The fraction of sp³-hybridized carbons (Fsp3) is 0.364. The highest BCUT2D eigenvalue weighted by Crippen LogP contribution is 2.33. The fourth-order valence-corrected chi connectivity index (χ4v) is 1.86. The van der Waals surface area contributed by atoms with Gasteiger partial charge in [-0.15, -0.1) is 0 Å². The molecule has 0 heterocycles. The molecule has 1 aromatic carbocycles. The number of hydrogen-bond acceptors (Lipinski definition) is 3. The monoisotopic (exact) mass is 192 g/mol. The number of rotatable bonds is 1. The zero-order valence-electron chi connectivity index (χ0n) is 7.93. The van der Waals surface area contributed by atoms with E-state index in [0.29, 0.717) is 6.42 Å². The van der Waals surface area contributed by atoms with Crippen molar-refractivity contribution >= 4 is 5.97 Å². The van der Waals surface area contributed by atoms with Gasteiger partial charge in [0, 0.05) is 13.3 Å². The second-order valence-electron chi connectivity index (χ2n) is 3.50. The molecular formula is C11H12O3. The summed E-state index contributed by atoms with van der Waals surface area (Å²) in [6.07, 6.45) is -0.520. The Kier molecular flexibility index (Phi) is 2.25. The summed E-state index contributed by atoms with van der Waals surface area (Å²) >= 11 is 0. The molecular weight excluding hydrogens is 180 g/mol. The first kappa shape index (κ1) is 9.21. The van der Waals surface area contributed by atoms with Crippen molar-refractivity contribution in [1.29, 1.82) is 0 Å². The third kappa shape index (κ3) is 1.51. The molecule has 0 aromatic heterocycles. The third-order valence-electron chi connectivity index (χ3n) is 2.43. The van der Waals surface area contributed by atoms with Gasteiger partial charge in [0.05, 0.1) is 6.10 Å². The molecule has 3 nitrogen and oxygen atoms in total. The number of aliphatic hydroxyl groups excluding tert-OH is 1. The van der Waals surface area contributed by atoms with Gasteiger partial charge >= 0.3 is 5.97 Å². The van der Waals surface area contributed by atoms with Crippen molar-refractivity contribution in [1.82, 2.24) is 0 Å². The summed E-state index contributed by atoms with van der Waals surface area (Å²) in [5.41, 5.74) is 1.99. The van der Waals surface area contributed by atoms with Crippen molar-refractivity contribution in [3.63, 3.8) is 0 Å². The minimum absolute atomic E-state index is 0.356. The number of ether oxygens (including phenoxy) is 1. The van der Waals surface area contributed by atoms with E-state index >= 15 is 0 Å². The van der Waals surface area contributed by atoms with E-state index in [1.807, 2.05) is 24.3 Å². The van der Waals surface area contributed by atoms with Crippen molar-refractivity contribution in [3.8, 4) is 0 Å². The van der Waals surface area contributed by atoms with Crippen LogP contribution in [-0.2, 0) is 16.0 Å². The second-order valence-corrected chi connectivity index (χ2v) is 3.50. The predicted molar refractivity (Wildman–Crippen MR) is 50.7 cm³/mol. The van der Waals surface area contributed by atoms with E-state index in [0.717, 1.165) is 11.1 Å². The molecule has 0 unspecified atom stereocenters. The normalized spacial score (nSPS) is 24.4. The van der Waals surface area contributed by atoms with Crippen molar-refractivity contribution in [3.05, 3.63) is 35.4 Å². The molecule has 0 spiro atoms. The van der Waals surface area contributed by atoms with Crippen LogP contribution < -0.4 is 0 Å². The number of aliphatic hydroxyl groups is 1. The average Bonchev–Trinajstić information content (AvgIpc) is 2.43. The SMILES string of the molecule is CC(=O)O[C@@H]1c2ccccc2C[C@H]1O. The maximum absolute atomic E-state index is 10.8. The predicted octanol–water partition coefficient (Wildman–Crippen LogP) is 1.21. The van der Waals surface area contributed by atoms with Crippen LogP contribution in [0.5, 0.6) is 0 Å². The van der Waals surface area contributed by atoms with Gasteiger partial charge in [-0.1, -0.05) is 24.3 Å². The fourth-order valence-electron chi connectivity index (χ4n) is 1.86. The zero-order chi connectivity index (χ0) is 10.1. The number of carbonyl (C=O) groups is 1. The van der Waals surface area contributed by atoms with Crippen molar-refractivity contribution in [2.75, 3.05) is 0 Å². The number of carbonyl (C=O) groups excluding carboxylic acids is 1. The highest BCUT2D eigenvalue weighted by molar-refractivity contribution is 5.66. The van der Waals surface area contributed by atoms with Crippen LogP contribution in [-0.4, -0.2) is 17.2 Å². The Morgan fingerprint density at radius 3 is 2.93 bits per heavy atom. The van der Waals surface area contributed by atoms with E-state index in [2.05, 4.69) is 0 Å². The molecule has 74 valence electrons. The first-order valence-electron chi connectivity index (χ1n) is 4.61. The van der Waals surface area contributed by atoms with Crippen LogP contribution in [0.25, 0.3) is 0 Å². The molecule has 0 saturated heterocycles. The molecule has 1 aliphatic rings. The van der Waals surface area contributed by atoms with Gasteiger partial charge in [-0.2, -0.15) is 0 Å². The van der Waals surface area contributed by atoms with E-state index in [1.165, 1.54) is 6.92 Å². The lowest BCUT2D eigenvalue weighted by Gasteiger charge is -2.15. The van der Waals surface area contributed by atoms with Gasteiger partial charge < -0.3 is 9.84 Å². The summed E-state index contributed by atoms with van der Waals surface area (Å²) in [6, 6.07) is 7.64. The first-order chi connectivity index (χ1) is 6.68. The summed E-state index contributed by atoms with van der Waals surface area (Å²) in [6.45, 7) is 1.35. The van der Waals surface area contributed by atoms with E-state index in [4.69, 9.17) is 4.74 Å². The van der Waals surface area contributed by atoms with Gasteiger partial charge in [0.2, 0.25) is 0 Å². The van der Waals surface area contributed by atoms with Crippen LogP contribution in [0.2, 0.25) is 0 Å². The number of fused-ring (bicyclic) bond motifs is 1. The molecule has 1 aromatic rings. The van der Waals surface area contributed by atoms with Gasteiger partial charge in [-0.3, -0.25) is 4.79 Å². The van der Waals surface area contributed by atoms with Gasteiger partial charge in [0.15, 0.2) is 6.10 Å².